The molecule has 10 rings (SSSR count). The normalized spacial score (nSPS) is 60.9. The predicted molar refractivity (Wildman–Crippen MR) is 143 cm³/mol. The van der Waals surface area contributed by atoms with Crippen LogP contribution in [-0.2, 0) is 43.3 Å². The summed E-state index contributed by atoms with van der Waals surface area (Å²) in [6.07, 6.45) is 5.99. The molecule has 16 atom stereocenters. The maximum atomic E-state index is 14.2. The molecule has 0 aromatic rings. The first kappa shape index (κ1) is 27.9. The van der Waals surface area contributed by atoms with Gasteiger partial charge in [-0.1, -0.05) is 27.7 Å². The van der Waals surface area contributed by atoms with Crippen LogP contribution in [0.1, 0.15) is 99.3 Å². The van der Waals surface area contributed by atoms with E-state index in [4.69, 9.17) is 38.5 Å². The molecule has 2 saturated carbocycles. The third kappa shape index (κ3) is 3.73. The summed E-state index contributed by atoms with van der Waals surface area (Å²) in [5.41, 5.74) is -1.29. The Labute approximate surface area is 243 Å². The lowest BCUT2D eigenvalue weighted by atomic mass is 9.56. The Bertz CT molecular complexity index is 1090. The molecule has 0 aromatic carbocycles. The van der Waals surface area contributed by atoms with E-state index in [9.17, 15) is 4.79 Å². The van der Waals surface area contributed by atoms with E-state index in [1.165, 1.54) is 0 Å². The molecular formula is C32H48O9. The molecule has 0 radical (unpaired) electrons. The van der Waals surface area contributed by atoms with Gasteiger partial charge in [-0.25, -0.2) is 19.6 Å². The van der Waals surface area contributed by atoms with Crippen LogP contribution in [0.3, 0.4) is 0 Å². The van der Waals surface area contributed by atoms with E-state index in [0.29, 0.717) is 17.8 Å². The summed E-state index contributed by atoms with van der Waals surface area (Å²) in [6, 6.07) is 0. The number of Topliss-reactive ketones (excluding diaryl/α,β-unsaturated/α-hetero) is 1. The fourth-order valence-electron chi connectivity index (χ4n) is 10.8. The van der Waals surface area contributed by atoms with E-state index in [1.807, 2.05) is 13.8 Å². The summed E-state index contributed by atoms with van der Waals surface area (Å²) in [5.74, 6) is 0.382. The van der Waals surface area contributed by atoms with Crippen molar-refractivity contribution >= 4 is 5.78 Å². The van der Waals surface area contributed by atoms with Gasteiger partial charge in [-0.2, -0.15) is 0 Å². The fourth-order valence-corrected chi connectivity index (χ4v) is 10.8. The Balaban J connectivity index is 1.06. The van der Waals surface area contributed by atoms with Crippen LogP contribution in [-0.4, -0.2) is 53.3 Å². The maximum absolute atomic E-state index is 14.2. The molecule has 0 unspecified atom stereocenters. The molecule has 8 aliphatic heterocycles. The summed E-state index contributed by atoms with van der Waals surface area (Å²) >= 11 is 0. The first-order chi connectivity index (χ1) is 19.5. The summed E-state index contributed by atoms with van der Waals surface area (Å²) in [7, 11) is 0. The van der Waals surface area contributed by atoms with Gasteiger partial charge in [0.25, 0.3) is 0 Å². The van der Waals surface area contributed by atoms with E-state index in [2.05, 4.69) is 27.7 Å². The number of fused-ring (bicyclic) bond motifs is 4. The van der Waals surface area contributed by atoms with Crippen molar-refractivity contribution in [3.05, 3.63) is 0 Å². The van der Waals surface area contributed by atoms with E-state index < -0.39 is 41.5 Å². The average Bonchev–Trinajstić information content (AvgIpc) is 3.31. The Morgan fingerprint density at radius 1 is 0.634 bits per heavy atom. The summed E-state index contributed by atoms with van der Waals surface area (Å²) in [4.78, 5) is 38.8. The van der Waals surface area contributed by atoms with Gasteiger partial charge in [0.1, 0.15) is 6.10 Å². The Morgan fingerprint density at radius 3 is 1.71 bits per heavy atom. The minimum absolute atomic E-state index is 0.0191. The minimum atomic E-state index is -0.857. The van der Waals surface area contributed by atoms with Gasteiger partial charge in [-0.3, -0.25) is 4.79 Å². The highest BCUT2D eigenvalue weighted by Crippen LogP contribution is 2.62. The first-order valence-corrected chi connectivity index (χ1v) is 16.4. The Hall–Kier alpha value is -0.650. The topological polar surface area (TPSA) is 90.9 Å². The Kier molecular flexibility index (Phi) is 6.25. The zero-order valence-corrected chi connectivity index (χ0v) is 25.5. The number of hydrogen-bond donors (Lipinski definition) is 0. The highest BCUT2D eigenvalue weighted by molar-refractivity contribution is 5.84. The van der Waals surface area contributed by atoms with Crippen molar-refractivity contribution in [1.29, 1.82) is 0 Å². The largest absolute Gasteiger partial charge is 0.345 e. The molecule has 9 heteroatoms. The SMILES string of the molecule is C[C@H]1[C@@H](C(=O)C[C@H]2O[C@@H]3O[C@]4(C)CC[C@H]5[C@H](C)CC[C@@H]([C@H]2C)[C@@]35OO4)O[C@@H]2O[C@]3(C)CC[C@H]4[C@H](C)CC[C@@H]1[C@@]24OO3. The van der Waals surface area contributed by atoms with Crippen LogP contribution in [0.5, 0.6) is 0 Å². The third-order valence-corrected chi connectivity index (χ3v) is 13.2. The lowest BCUT2D eigenvalue weighted by Gasteiger charge is -2.61. The maximum Gasteiger partial charge on any atom is 0.201 e. The van der Waals surface area contributed by atoms with Gasteiger partial charge in [0.05, 0.1) is 6.10 Å². The van der Waals surface area contributed by atoms with E-state index in [1.54, 1.807) is 0 Å². The molecule has 0 amide bonds. The summed E-state index contributed by atoms with van der Waals surface area (Å²) in [6.45, 7) is 12.9. The zero-order valence-electron chi connectivity index (χ0n) is 25.5. The van der Waals surface area contributed by atoms with E-state index in [0.717, 1.165) is 51.4 Å². The number of hydrogen-bond acceptors (Lipinski definition) is 9. The number of ketones is 1. The molecule has 4 bridgehead atoms. The average molecular weight is 577 g/mol. The second kappa shape index (κ2) is 9.19. The number of rotatable bonds is 3. The quantitative estimate of drug-likeness (QED) is 0.407. The molecule has 230 valence electrons. The van der Waals surface area contributed by atoms with Crippen LogP contribution in [0.25, 0.3) is 0 Å². The zero-order chi connectivity index (χ0) is 28.5. The molecule has 2 spiro atoms. The second-order valence-electron chi connectivity index (χ2n) is 15.4. The molecule has 41 heavy (non-hydrogen) atoms. The Morgan fingerprint density at radius 2 is 1.15 bits per heavy atom. The molecule has 10 fully saturated rings. The van der Waals surface area contributed by atoms with Crippen molar-refractivity contribution in [3.8, 4) is 0 Å². The first-order valence-electron chi connectivity index (χ1n) is 16.4. The van der Waals surface area contributed by atoms with Crippen LogP contribution in [0.4, 0.5) is 0 Å². The van der Waals surface area contributed by atoms with Crippen molar-refractivity contribution in [3.63, 3.8) is 0 Å². The minimum Gasteiger partial charge on any atom is -0.345 e. The smallest absolute Gasteiger partial charge is 0.201 e. The van der Waals surface area contributed by atoms with E-state index >= 15 is 0 Å². The predicted octanol–water partition coefficient (Wildman–Crippen LogP) is 5.45. The molecular weight excluding hydrogens is 528 g/mol. The highest BCUT2D eigenvalue weighted by Gasteiger charge is 2.71. The van der Waals surface area contributed by atoms with Gasteiger partial charge in [-0.05, 0) is 87.9 Å². The van der Waals surface area contributed by atoms with Gasteiger partial charge in [0, 0.05) is 31.1 Å². The van der Waals surface area contributed by atoms with Gasteiger partial charge in [0.15, 0.2) is 29.6 Å². The van der Waals surface area contributed by atoms with Crippen LogP contribution in [0.15, 0.2) is 0 Å². The van der Waals surface area contributed by atoms with Gasteiger partial charge >= 0.3 is 0 Å². The molecule has 8 saturated heterocycles. The molecule has 0 N–H and O–H groups in total. The highest BCUT2D eigenvalue weighted by atomic mass is 17.3. The van der Waals surface area contributed by atoms with Crippen LogP contribution < -0.4 is 0 Å². The number of carbonyl (C=O) groups excluding carboxylic acids is 1. The fraction of sp³-hybridized carbons (Fsp3) is 0.969. The van der Waals surface area contributed by atoms with Crippen molar-refractivity contribution in [2.75, 3.05) is 0 Å². The number of ether oxygens (including phenoxy) is 4. The monoisotopic (exact) mass is 576 g/mol. The van der Waals surface area contributed by atoms with Crippen molar-refractivity contribution in [2.45, 2.75) is 147 Å². The molecule has 8 heterocycles. The van der Waals surface area contributed by atoms with Gasteiger partial charge < -0.3 is 18.9 Å². The molecule has 2 aliphatic carbocycles. The van der Waals surface area contributed by atoms with Crippen molar-refractivity contribution in [1.82, 2.24) is 0 Å². The second-order valence-corrected chi connectivity index (χ2v) is 15.4. The van der Waals surface area contributed by atoms with Crippen LogP contribution in [0.2, 0.25) is 0 Å². The van der Waals surface area contributed by atoms with Crippen LogP contribution in [0, 0.1) is 47.3 Å². The van der Waals surface area contributed by atoms with Gasteiger partial charge in [-0.15, -0.1) is 0 Å². The van der Waals surface area contributed by atoms with Crippen molar-refractivity contribution < 1.29 is 43.3 Å². The lowest BCUT2D eigenvalue weighted by Crippen LogP contribution is -2.71. The standard InChI is InChI=1S/C32H48O9/c1-16-7-9-22-18(3)25(34-27-31(22)20(16)11-13-29(5,36-27)38-40-31)15-24(33)26-19(4)23-10-8-17(2)21-12-14-30(6)37-28(35-26)32(21,23)41-39-30/h16-23,25-28H,7-15H2,1-6H3/t16-,17-,18-,19-,20+,21+,22+,23+,25-,26+,27-,28-,29+,30+,31-,32-/m1/s1. The molecule has 9 nitrogen and oxygen atoms in total. The molecule has 10 aliphatic rings. The van der Waals surface area contributed by atoms with Gasteiger partial charge in [0.2, 0.25) is 11.6 Å². The third-order valence-electron chi connectivity index (χ3n) is 13.2. The van der Waals surface area contributed by atoms with E-state index in [-0.39, 0.29) is 47.9 Å². The van der Waals surface area contributed by atoms with Crippen LogP contribution >= 0.6 is 0 Å². The number of carbonyl (C=O) groups is 1. The summed E-state index contributed by atoms with van der Waals surface area (Å²) in [5, 5.41) is 0. The summed E-state index contributed by atoms with van der Waals surface area (Å²) < 4.78 is 26.5. The molecule has 0 aromatic heterocycles. The van der Waals surface area contributed by atoms with Crippen molar-refractivity contribution in [2.24, 2.45) is 47.3 Å². The lowest BCUT2D eigenvalue weighted by molar-refractivity contribution is -0.571.